The van der Waals surface area contributed by atoms with Gasteiger partial charge in [-0.2, -0.15) is 5.10 Å². The van der Waals surface area contributed by atoms with Crippen LogP contribution < -0.4 is 5.32 Å². The molecule has 5 heteroatoms. The highest BCUT2D eigenvalue weighted by Crippen LogP contribution is 2.27. The van der Waals surface area contributed by atoms with E-state index in [1.54, 1.807) is 0 Å². The summed E-state index contributed by atoms with van der Waals surface area (Å²) in [6.07, 6.45) is 1.81. The molecular formula is C26H30N4O. The molecule has 5 nitrogen and oxygen atoms in total. The fraction of sp³-hybridized carbons (Fsp3) is 0.308. The number of amides is 1. The Morgan fingerprint density at radius 3 is 2.55 bits per heavy atom. The lowest BCUT2D eigenvalue weighted by Crippen LogP contribution is -2.30. The van der Waals surface area contributed by atoms with E-state index in [4.69, 9.17) is 0 Å². The largest absolute Gasteiger partial charge is 0.352 e. The first-order valence-corrected chi connectivity index (χ1v) is 10.8. The van der Waals surface area contributed by atoms with E-state index in [9.17, 15) is 4.79 Å². The van der Waals surface area contributed by atoms with Crippen molar-refractivity contribution >= 4 is 16.8 Å². The van der Waals surface area contributed by atoms with Gasteiger partial charge in [-0.3, -0.25) is 9.48 Å². The summed E-state index contributed by atoms with van der Waals surface area (Å²) in [7, 11) is 0. The van der Waals surface area contributed by atoms with E-state index >= 15 is 0 Å². The summed E-state index contributed by atoms with van der Waals surface area (Å²) in [6.45, 7) is 10.7. The normalized spacial score (nSPS) is 12.3. The highest BCUT2D eigenvalue weighted by Gasteiger charge is 2.15. The van der Waals surface area contributed by atoms with Crippen molar-refractivity contribution in [3.8, 4) is 0 Å². The minimum absolute atomic E-state index is 0.0289. The standard InChI is InChI=1S/C26H30N4O/c1-18(16-30-19(2)12-13-28-30)15-27-26(31)23-10-11-25-24(14-23)20(3)21(4)29(25)17-22-8-6-5-7-9-22/h5-14,18H,15-17H2,1-4H3,(H,27,31). The molecule has 0 aliphatic heterocycles. The SMILES string of the molecule is Cc1c(C)n(Cc2ccccc2)c2ccc(C(=O)NCC(C)Cn3nccc3C)cc12. The van der Waals surface area contributed by atoms with Crippen molar-refractivity contribution in [2.24, 2.45) is 5.92 Å². The van der Waals surface area contributed by atoms with Gasteiger partial charge in [0.25, 0.3) is 5.91 Å². The highest BCUT2D eigenvalue weighted by atomic mass is 16.1. The van der Waals surface area contributed by atoms with Crippen LogP contribution in [0.5, 0.6) is 0 Å². The summed E-state index contributed by atoms with van der Waals surface area (Å²) >= 11 is 0. The van der Waals surface area contributed by atoms with Crippen LogP contribution in [0.25, 0.3) is 10.9 Å². The molecule has 0 saturated carbocycles. The van der Waals surface area contributed by atoms with Crippen LogP contribution in [-0.4, -0.2) is 26.8 Å². The Morgan fingerprint density at radius 2 is 1.84 bits per heavy atom. The van der Waals surface area contributed by atoms with Crippen molar-refractivity contribution in [2.75, 3.05) is 6.54 Å². The Hall–Kier alpha value is -3.34. The molecule has 0 aliphatic carbocycles. The number of carbonyl (C=O) groups excluding carboxylic acids is 1. The Morgan fingerprint density at radius 1 is 1.06 bits per heavy atom. The minimum atomic E-state index is -0.0289. The fourth-order valence-corrected chi connectivity index (χ4v) is 4.08. The average Bonchev–Trinajstić information content (AvgIpc) is 3.28. The number of nitrogens with zero attached hydrogens (tertiary/aromatic N) is 3. The molecule has 0 aliphatic rings. The Bertz CT molecular complexity index is 1200. The van der Waals surface area contributed by atoms with E-state index in [1.807, 2.05) is 42.1 Å². The van der Waals surface area contributed by atoms with Gasteiger partial charge in [-0.25, -0.2) is 0 Å². The van der Waals surface area contributed by atoms with Crippen LogP contribution in [-0.2, 0) is 13.1 Å². The molecule has 0 bridgehead atoms. The molecule has 4 rings (SSSR count). The Balaban J connectivity index is 1.49. The van der Waals surface area contributed by atoms with Crippen LogP contribution in [0.2, 0.25) is 0 Å². The second-order valence-corrected chi connectivity index (χ2v) is 8.48. The maximum atomic E-state index is 12.8. The van der Waals surface area contributed by atoms with Crippen LogP contribution in [0.3, 0.4) is 0 Å². The third-order valence-electron chi connectivity index (χ3n) is 6.11. The van der Waals surface area contributed by atoms with Crippen molar-refractivity contribution in [1.82, 2.24) is 19.7 Å². The van der Waals surface area contributed by atoms with Gasteiger partial charge in [-0.15, -0.1) is 0 Å². The summed E-state index contributed by atoms with van der Waals surface area (Å²) in [6, 6.07) is 18.5. The van der Waals surface area contributed by atoms with Gasteiger partial charge >= 0.3 is 0 Å². The van der Waals surface area contributed by atoms with E-state index in [0.717, 1.165) is 29.7 Å². The van der Waals surface area contributed by atoms with Crippen LogP contribution >= 0.6 is 0 Å². The number of rotatable bonds is 7. The third-order valence-corrected chi connectivity index (χ3v) is 6.11. The van der Waals surface area contributed by atoms with Gasteiger partial charge in [-0.1, -0.05) is 37.3 Å². The van der Waals surface area contributed by atoms with Crippen LogP contribution in [0.15, 0.2) is 60.8 Å². The zero-order chi connectivity index (χ0) is 22.0. The quantitative estimate of drug-likeness (QED) is 0.469. The molecule has 31 heavy (non-hydrogen) atoms. The summed E-state index contributed by atoms with van der Waals surface area (Å²) < 4.78 is 4.31. The van der Waals surface area contributed by atoms with Gasteiger partial charge in [0.1, 0.15) is 0 Å². The molecule has 2 aromatic heterocycles. The second-order valence-electron chi connectivity index (χ2n) is 8.48. The van der Waals surface area contributed by atoms with Crippen molar-refractivity contribution < 1.29 is 4.79 Å². The van der Waals surface area contributed by atoms with Crippen molar-refractivity contribution in [1.29, 1.82) is 0 Å². The molecule has 0 fully saturated rings. The molecule has 2 heterocycles. The Labute approximate surface area is 183 Å². The molecule has 1 unspecified atom stereocenters. The highest BCUT2D eigenvalue weighted by molar-refractivity contribution is 5.99. The number of benzene rings is 2. The van der Waals surface area contributed by atoms with Crippen molar-refractivity contribution in [3.05, 3.63) is 88.9 Å². The average molecular weight is 415 g/mol. The number of hydrogen-bond donors (Lipinski definition) is 1. The molecule has 4 aromatic rings. The maximum Gasteiger partial charge on any atom is 0.251 e. The predicted molar refractivity (Wildman–Crippen MR) is 125 cm³/mol. The number of nitrogens with one attached hydrogen (secondary N) is 1. The summed E-state index contributed by atoms with van der Waals surface area (Å²) in [4.78, 5) is 12.8. The van der Waals surface area contributed by atoms with Gasteiger partial charge in [0.15, 0.2) is 0 Å². The summed E-state index contributed by atoms with van der Waals surface area (Å²) in [5.41, 5.74) is 6.73. The molecule has 1 atom stereocenters. The smallest absolute Gasteiger partial charge is 0.251 e. The fourth-order valence-electron chi connectivity index (χ4n) is 4.08. The molecule has 160 valence electrons. The zero-order valence-corrected chi connectivity index (χ0v) is 18.7. The molecule has 1 amide bonds. The number of aryl methyl sites for hydroxylation is 2. The van der Waals surface area contributed by atoms with Gasteiger partial charge in [-0.05, 0) is 62.1 Å². The second kappa shape index (κ2) is 8.80. The monoisotopic (exact) mass is 414 g/mol. The first kappa shape index (κ1) is 20.9. The molecular weight excluding hydrogens is 384 g/mol. The predicted octanol–water partition coefficient (Wildman–Crippen LogP) is 4.88. The Kier molecular flexibility index (Phi) is 5.94. The lowest BCUT2D eigenvalue weighted by atomic mass is 10.1. The topological polar surface area (TPSA) is 51.9 Å². The van der Waals surface area contributed by atoms with Crippen LogP contribution in [0.4, 0.5) is 0 Å². The zero-order valence-electron chi connectivity index (χ0n) is 18.7. The van der Waals surface area contributed by atoms with E-state index in [0.29, 0.717) is 18.0 Å². The van der Waals surface area contributed by atoms with E-state index in [2.05, 4.69) is 66.1 Å². The van der Waals surface area contributed by atoms with Crippen molar-refractivity contribution in [3.63, 3.8) is 0 Å². The minimum Gasteiger partial charge on any atom is -0.352 e. The van der Waals surface area contributed by atoms with E-state index in [-0.39, 0.29) is 5.91 Å². The van der Waals surface area contributed by atoms with Gasteiger partial charge < -0.3 is 9.88 Å². The summed E-state index contributed by atoms with van der Waals surface area (Å²) in [5.74, 6) is 0.265. The number of carbonyl (C=O) groups is 1. The van der Waals surface area contributed by atoms with Crippen LogP contribution in [0.1, 0.15) is 39.8 Å². The molecule has 2 aromatic carbocycles. The maximum absolute atomic E-state index is 12.8. The number of fused-ring (bicyclic) bond motifs is 1. The summed E-state index contributed by atoms with van der Waals surface area (Å²) in [5, 5.41) is 8.56. The number of aromatic nitrogens is 3. The third kappa shape index (κ3) is 4.41. The lowest BCUT2D eigenvalue weighted by molar-refractivity contribution is 0.0946. The van der Waals surface area contributed by atoms with E-state index < -0.39 is 0 Å². The van der Waals surface area contributed by atoms with E-state index in [1.165, 1.54) is 16.8 Å². The first-order chi connectivity index (χ1) is 14.9. The molecule has 0 radical (unpaired) electrons. The van der Waals surface area contributed by atoms with Gasteiger partial charge in [0.05, 0.1) is 0 Å². The van der Waals surface area contributed by atoms with Crippen LogP contribution in [0, 0.1) is 26.7 Å². The molecule has 1 N–H and O–H groups in total. The van der Waals surface area contributed by atoms with Crippen molar-refractivity contribution in [2.45, 2.75) is 40.8 Å². The van der Waals surface area contributed by atoms with Gasteiger partial charge in [0.2, 0.25) is 0 Å². The number of hydrogen-bond acceptors (Lipinski definition) is 2. The lowest BCUT2D eigenvalue weighted by Gasteiger charge is -2.14. The molecule has 0 spiro atoms. The van der Waals surface area contributed by atoms with Gasteiger partial charge in [0, 0.05) is 53.7 Å². The first-order valence-electron chi connectivity index (χ1n) is 10.8. The molecule has 0 saturated heterocycles.